The molecule has 4 rings (SSSR count). The van der Waals surface area contributed by atoms with Crippen LogP contribution in [0.4, 0.5) is 5.13 Å². The van der Waals surface area contributed by atoms with E-state index in [0.29, 0.717) is 0 Å². The minimum Gasteiger partial charge on any atom is -0.342 e. The summed E-state index contributed by atoms with van der Waals surface area (Å²) in [5, 5.41) is 17.4. The van der Waals surface area contributed by atoms with Gasteiger partial charge in [0.05, 0.1) is 16.6 Å². The summed E-state index contributed by atoms with van der Waals surface area (Å²) < 4.78 is 2.16. The van der Waals surface area contributed by atoms with E-state index in [9.17, 15) is 0 Å². The lowest BCUT2D eigenvalue weighted by molar-refractivity contribution is 0.341. The molecule has 0 saturated carbocycles. The summed E-state index contributed by atoms with van der Waals surface area (Å²) in [7, 11) is 0. The number of hydrogen-bond donors (Lipinski definition) is 0. The Hall–Kier alpha value is -1.73. The molecule has 1 aliphatic heterocycles. The molecule has 0 saturated heterocycles. The van der Waals surface area contributed by atoms with Crippen molar-refractivity contribution in [1.29, 1.82) is 0 Å². The highest BCUT2D eigenvalue weighted by atomic mass is 32.1. The van der Waals surface area contributed by atoms with Crippen LogP contribution in [0.1, 0.15) is 32.0 Å². The van der Waals surface area contributed by atoms with Crippen molar-refractivity contribution >= 4 is 27.8 Å². The number of thiophene rings is 1. The fraction of sp³-hybridized carbons (Fsp3) is 0.438. The first-order valence-electron chi connectivity index (χ1n) is 7.71. The second-order valence-electron chi connectivity index (χ2n) is 6.74. The van der Waals surface area contributed by atoms with Crippen molar-refractivity contribution in [3.63, 3.8) is 0 Å². The predicted octanol–water partition coefficient (Wildman–Crippen LogP) is 3.78. The fourth-order valence-electron chi connectivity index (χ4n) is 2.92. The summed E-state index contributed by atoms with van der Waals surface area (Å²) >= 11 is 3.38. The molecule has 0 aromatic carbocycles. The third-order valence-electron chi connectivity index (χ3n) is 3.99. The highest BCUT2D eigenvalue weighted by molar-refractivity contribution is 7.22. The molecule has 3 aromatic heterocycles. The average molecular weight is 345 g/mol. The molecule has 0 unspecified atom stereocenters. The van der Waals surface area contributed by atoms with E-state index < -0.39 is 0 Å². The number of rotatable bonds is 2. The second kappa shape index (κ2) is 5.42. The van der Waals surface area contributed by atoms with Crippen LogP contribution in [-0.2, 0) is 18.5 Å². The van der Waals surface area contributed by atoms with Crippen LogP contribution < -0.4 is 4.90 Å². The molecular formula is C16H19N5S2. The number of fused-ring (bicyclic) bond motifs is 1. The number of hydrogen-bond acceptors (Lipinski definition) is 6. The first kappa shape index (κ1) is 14.8. The van der Waals surface area contributed by atoms with Crippen LogP contribution in [-0.4, -0.2) is 26.5 Å². The van der Waals surface area contributed by atoms with E-state index in [1.807, 2.05) is 6.20 Å². The Balaban J connectivity index is 1.58. The van der Waals surface area contributed by atoms with E-state index in [1.54, 1.807) is 22.7 Å². The lowest BCUT2D eigenvalue weighted by Crippen LogP contribution is -2.33. The summed E-state index contributed by atoms with van der Waals surface area (Å²) in [5.74, 6) is 0. The number of nitrogens with zero attached hydrogens (tertiary/aromatic N) is 5. The Morgan fingerprint density at radius 3 is 2.83 bits per heavy atom. The van der Waals surface area contributed by atoms with Gasteiger partial charge in [-0.3, -0.25) is 4.68 Å². The zero-order chi connectivity index (χ0) is 16.0. The monoisotopic (exact) mass is 345 g/mol. The fourth-order valence-corrected chi connectivity index (χ4v) is 4.58. The van der Waals surface area contributed by atoms with Gasteiger partial charge in [0.1, 0.15) is 0 Å². The minimum atomic E-state index is 0.0326. The van der Waals surface area contributed by atoms with Crippen molar-refractivity contribution in [1.82, 2.24) is 20.0 Å². The first-order chi connectivity index (χ1) is 11.0. The Morgan fingerprint density at radius 1 is 1.22 bits per heavy atom. The molecular weight excluding hydrogens is 326 g/mol. The third kappa shape index (κ3) is 2.68. The molecule has 0 spiro atoms. The Bertz CT molecular complexity index is 810. The molecule has 4 heterocycles. The van der Waals surface area contributed by atoms with Gasteiger partial charge in [0.15, 0.2) is 5.01 Å². The van der Waals surface area contributed by atoms with Gasteiger partial charge in [-0.2, -0.15) is 5.10 Å². The van der Waals surface area contributed by atoms with Crippen LogP contribution in [0.25, 0.3) is 9.88 Å². The van der Waals surface area contributed by atoms with Crippen molar-refractivity contribution in [3.8, 4) is 9.88 Å². The zero-order valence-electron chi connectivity index (χ0n) is 13.5. The molecule has 0 amide bonds. The van der Waals surface area contributed by atoms with Gasteiger partial charge in [-0.1, -0.05) is 17.4 Å². The summed E-state index contributed by atoms with van der Waals surface area (Å²) in [6.07, 6.45) is 3.01. The van der Waals surface area contributed by atoms with E-state index in [4.69, 9.17) is 0 Å². The summed E-state index contributed by atoms with van der Waals surface area (Å²) in [6.45, 7) is 8.43. The second-order valence-corrected chi connectivity index (χ2v) is 8.64. The van der Waals surface area contributed by atoms with Gasteiger partial charge >= 0.3 is 0 Å². The van der Waals surface area contributed by atoms with Gasteiger partial charge in [0.25, 0.3) is 0 Å². The van der Waals surface area contributed by atoms with Crippen LogP contribution >= 0.6 is 22.7 Å². The highest BCUT2D eigenvalue weighted by Gasteiger charge is 2.27. The Labute approximate surface area is 143 Å². The quantitative estimate of drug-likeness (QED) is 0.709. The van der Waals surface area contributed by atoms with Crippen molar-refractivity contribution in [2.45, 2.75) is 39.3 Å². The molecule has 0 N–H and O–H groups in total. The lowest BCUT2D eigenvalue weighted by atomic mass is 10.0. The molecule has 3 aromatic rings. The van der Waals surface area contributed by atoms with Crippen LogP contribution in [0.3, 0.4) is 0 Å². The molecule has 7 heteroatoms. The van der Waals surface area contributed by atoms with E-state index in [-0.39, 0.29) is 5.54 Å². The smallest absolute Gasteiger partial charge is 0.208 e. The van der Waals surface area contributed by atoms with Crippen LogP contribution in [0.15, 0.2) is 23.7 Å². The van der Waals surface area contributed by atoms with Crippen molar-refractivity contribution in [2.24, 2.45) is 0 Å². The van der Waals surface area contributed by atoms with E-state index in [0.717, 1.165) is 29.6 Å². The summed E-state index contributed by atoms with van der Waals surface area (Å²) in [6, 6.07) is 4.14. The van der Waals surface area contributed by atoms with Crippen molar-refractivity contribution in [2.75, 3.05) is 11.4 Å². The lowest BCUT2D eigenvalue weighted by Gasteiger charge is -2.29. The van der Waals surface area contributed by atoms with E-state index in [2.05, 4.69) is 63.2 Å². The molecule has 0 fully saturated rings. The van der Waals surface area contributed by atoms with Gasteiger partial charge in [-0.05, 0) is 32.2 Å². The molecule has 0 atom stereocenters. The Morgan fingerprint density at radius 2 is 2.09 bits per heavy atom. The largest absolute Gasteiger partial charge is 0.342 e. The Kier molecular flexibility index (Phi) is 3.50. The molecule has 23 heavy (non-hydrogen) atoms. The van der Waals surface area contributed by atoms with Gasteiger partial charge in [0.2, 0.25) is 5.13 Å². The third-order valence-corrected chi connectivity index (χ3v) is 6.01. The van der Waals surface area contributed by atoms with Gasteiger partial charge in [0, 0.05) is 30.8 Å². The van der Waals surface area contributed by atoms with E-state index >= 15 is 0 Å². The predicted molar refractivity (Wildman–Crippen MR) is 95.2 cm³/mol. The number of aromatic nitrogens is 4. The van der Waals surface area contributed by atoms with Crippen LogP contribution in [0, 0.1) is 0 Å². The SMILES string of the molecule is CC(C)(C)n1ncc2c1CCN(c1nnc(-c3cccs3)s1)C2. The normalized spacial score (nSPS) is 15.0. The van der Waals surface area contributed by atoms with Gasteiger partial charge in [-0.15, -0.1) is 21.5 Å². The van der Waals surface area contributed by atoms with Crippen LogP contribution in [0.2, 0.25) is 0 Å². The standard InChI is InChI=1S/C16H19N5S2/c1-16(2,3)21-12-6-7-20(10-11(12)9-17-21)15-19-18-14(23-15)13-5-4-8-22-13/h4-5,8-9H,6-7,10H2,1-3H3. The minimum absolute atomic E-state index is 0.0326. The maximum absolute atomic E-state index is 4.60. The molecule has 0 bridgehead atoms. The summed E-state index contributed by atoms with van der Waals surface area (Å²) in [5.41, 5.74) is 2.70. The molecule has 120 valence electrons. The zero-order valence-corrected chi connectivity index (χ0v) is 15.1. The van der Waals surface area contributed by atoms with Gasteiger partial charge in [-0.25, -0.2) is 0 Å². The first-order valence-corrected chi connectivity index (χ1v) is 9.40. The van der Waals surface area contributed by atoms with E-state index in [1.165, 1.54) is 16.1 Å². The van der Waals surface area contributed by atoms with Crippen LogP contribution in [0.5, 0.6) is 0 Å². The maximum atomic E-state index is 4.60. The average Bonchev–Trinajstić information content (AvgIpc) is 3.24. The van der Waals surface area contributed by atoms with Gasteiger partial charge < -0.3 is 4.90 Å². The highest BCUT2D eigenvalue weighted by Crippen LogP contribution is 2.34. The molecule has 0 radical (unpaired) electrons. The van der Waals surface area contributed by atoms with Crippen molar-refractivity contribution in [3.05, 3.63) is 35.0 Å². The topological polar surface area (TPSA) is 46.8 Å². The molecule has 1 aliphatic rings. The number of anilines is 1. The maximum Gasteiger partial charge on any atom is 0.208 e. The summed E-state index contributed by atoms with van der Waals surface area (Å²) in [4.78, 5) is 3.50. The van der Waals surface area contributed by atoms with Crippen molar-refractivity contribution < 1.29 is 0 Å². The molecule has 0 aliphatic carbocycles. The molecule has 5 nitrogen and oxygen atoms in total.